The number of pyridine rings is 1. The minimum atomic E-state index is -0.293. The summed E-state index contributed by atoms with van der Waals surface area (Å²) in [6, 6.07) is 3.01. The van der Waals surface area contributed by atoms with E-state index in [4.69, 9.17) is 9.84 Å². The normalized spacial score (nSPS) is 11.9. The summed E-state index contributed by atoms with van der Waals surface area (Å²) in [6.07, 6.45) is 1.57. The molecule has 0 aliphatic carbocycles. The van der Waals surface area contributed by atoms with Crippen molar-refractivity contribution in [2.24, 2.45) is 0 Å². The lowest BCUT2D eigenvalue weighted by Gasteiger charge is -2.12. The molecule has 1 aromatic heterocycles. The van der Waals surface area contributed by atoms with Gasteiger partial charge in [-0.1, -0.05) is 0 Å². The van der Waals surface area contributed by atoms with E-state index in [0.717, 1.165) is 0 Å². The first-order chi connectivity index (χ1) is 7.69. The zero-order valence-electron chi connectivity index (χ0n) is 9.43. The molecule has 1 rings (SSSR count). The minimum absolute atomic E-state index is 0.101. The molecule has 0 spiro atoms. The first-order valence-corrected chi connectivity index (χ1v) is 5.18. The number of aliphatic hydroxyl groups is 1. The number of carbonyl (C=O) groups is 1. The molecule has 0 aliphatic rings. The van der Waals surface area contributed by atoms with Gasteiger partial charge in [0.1, 0.15) is 5.56 Å². The van der Waals surface area contributed by atoms with Gasteiger partial charge in [-0.05, 0) is 26.0 Å². The Hall–Kier alpha value is -1.62. The van der Waals surface area contributed by atoms with Crippen molar-refractivity contribution < 1.29 is 14.6 Å². The van der Waals surface area contributed by atoms with Gasteiger partial charge in [0.15, 0.2) is 0 Å². The van der Waals surface area contributed by atoms with E-state index in [9.17, 15) is 4.79 Å². The van der Waals surface area contributed by atoms with Gasteiger partial charge in [-0.3, -0.25) is 4.79 Å². The Morgan fingerprint density at radius 2 is 2.44 bits per heavy atom. The van der Waals surface area contributed by atoms with Gasteiger partial charge < -0.3 is 15.2 Å². The molecule has 0 aliphatic heterocycles. The third-order valence-corrected chi connectivity index (χ3v) is 1.95. The molecule has 88 valence electrons. The van der Waals surface area contributed by atoms with Gasteiger partial charge in [-0.15, -0.1) is 0 Å². The highest BCUT2D eigenvalue weighted by atomic mass is 16.5. The fourth-order valence-electron chi connectivity index (χ4n) is 1.16. The molecule has 1 unspecified atom stereocenters. The van der Waals surface area contributed by atoms with Gasteiger partial charge in [0.2, 0.25) is 5.88 Å². The van der Waals surface area contributed by atoms with E-state index in [2.05, 4.69) is 10.3 Å². The smallest absolute Gasteiger partial charge is 0.257 e. The Kier molecular flexibility index (Phi) is 4.72. The van der Waals surface area contributed by atoms with Gasteiger partial charge in [0, 0.05) is 12.2 Å². The molecule has 0 bridgehead atoms. The molecular formula is C11H16N2O3. The Morgan fingerprint density at radius 3 is 3.06 bits per heavy atom. The lowest BCUT2D eigenvalue weighted by molar-refractivity contribution is 0.0917. The fourth-order valence-corrected chi connectivity index (χ4v) is 1.16. The van der Waals surface area contributed by atoms with Crippen LogP contribution >= 0.6 is 0 Å². The van der Waals surface area contributed by atoms with E-state index >= 15 is 0 Å². The van der Waals surface area contributed by atoms with Crippen LogP contribution in [0.25, 0.3) is 0 Å². The molecule has 5 nitrogen and oxygen atoms in total. The van der Waals surface area contributed by atoms with Crippen LogP contribution in [0.5, 0.6) is 5.88 Å². The maximum atomic E-state index is 11.8. The average Bonchev–Trinajstić information content (AvgIpc) is 2.30. The molecule has 2 N–H and O–H groups in total. The fraction of sp³-hybridized carbons (Fsp3) is 0.455. The summed E-state index contributed by atoms with van der Waals surface area (Å²) in [6.45, 7) is 3.89. The lowest BCUT2D eigenvalue weighted by Crippen LogP contribution is -2.35. The van der Waals surface area contributed by atoms with Crippen LogP contribution in [0.15, 0.2) is 18.3 Å². The predicted molar refractivity (Wildman–Crippen MR) is 59.4 cm³/mol. The number of nitrogens with one attached hydrogen (secondary N) is 1. The number of aromatic nitrogens is 1. The molecule has 16 heavy (non-hydrogen) atoms. The molecule has 0 aromatic carbocycles. The van der Waals surface area contributed by atoms with Crippen LogP contribution in [0.2, 0.25) is 0 Å². The number of ether oxygens (including phenoxy) is 1. The number of rotatable bonds is 5. The standard InChI is InChI=1S/C11H16N2O3/c1-3-16-11-9(5-4-6-12-11)10(15)13-8(2)7-14/h4-6,8,14H,3,7H2,1-2H3,(H,13,15). The van der Waals surface area contributed by atoms with E-state index in [0.29, 0.717) is 18.1 Å². The lowest BCUT2D eigenvalue weighted by atomic mass is 10.2. The first-order valence-electron chi connectivity index (χ1n) is 5.18. The number of carbonyl (C=O) groups excluding carboxylic acids is 1. The Morgan fingerprint density at radius 1 is 1.69 bits per heavy atom. The van der Waals surface area contributed by atoms with Crippen molar-refractivity contribution in [3.05, 3.63) is 23.9 Å². The third kappa shape index (κ3) is 3.20. The maximum Gasteiger partial charge on any atom is 0.257 e. The minimum Gasteiger partial charge on any atom is -0.477 e. The second-order valence-electron chi connectivity index (χ2n) is 3.35. The second-order valence-corrected chi connectivity index (χ2v) is 3.35. The van der Waals surface area contributed by atoms with Crippen molar-refractivity contribution in [2.45, 2.75) is 19.9 Å². The molecule has 0 saturated carbocycles. The van der Waals surface area contributed by atoms with Gasteiger partial charge >= 0.3 is 0 Å². The van der Waals surface area contributed by atoms with Gasteiger partial charge in [0.05, 0.1) is 13.2 Å². The third-order valence-electron chi connectivity index (χ3n) is 1.95. The van der Waals surface area contributed by atoms with E-state index in [1.165, 1.54) is 0 Å². The number of hydrogen-bond acceptors (Lipinski definition) is 4. The molecule has 0 radical (unpaired) electrons. The molecule has 0 saturated heterocycles. The van der Waals surface area contributed by atoms with Crippen molar-refractivity contribution in [3.8, 4) is 5.88 Å². The molecular weight excluding hydrogens is 208 g/mol. The topological polar surface area (TPSA) is 71.5 Å². The largest absolute Gasteiger partial charge is 0.477 e. The summed E-state index contributed by atoms with van der Waals surface area (Å²) in [5, 5.41) is 11.5. The molecule has 1 atom stereocenters. The Balaban J connectivity index is 2.81. The highest BCUT2D eigenvalue weighted by Gasteiger charge is 2.14. The Bertz CT molecular complexity index is 355. The molecule has 0 fully saturated rings. The summed E-state index contributed by atoms with van der Waals surface area (Å²) >= 11 is 0. The maximum absolute atomic E-state index is 11.8. The van der Waals surface area contributed by atoms with Crippen molar-refractivity contribution in [2.75, 3.05) is 13.2 Å². The summed E-state index contributed by atoms with van der Waals surface area (Å²) in [7, 11) is 0. The SMILES string of the molecule is CCOc1ncccc1C(=O)NC(C)CO. The monoisotopic (exact) mass is 224 g/mol. The number of amides is 1. The number of hydrogen-bond donors (Lipinski definition) is 2. The predicted octanol–water partition coefficient (Wildman–Crippen LogP) is 0.591. The molecule has 1 aromatic rings. The van der Waals surface area contributed by atoms with Crippen molar-refractivity contribution in [1.82, 2.24) is 10.3 Å². The van der Waals surface area contributed by atoms with Crippen LogP contribution in [-0.2, 0) is 0 Å². The zero-order chi connectivity index (χ0) is 12.0. The van der Waals surface area contributed by atoms with E-state index in [1.54, 1.807) is 25.3 Å². The summed E-state index contributed by atoms with van der Waals surface area (Å²) in [4.78, 5) is 15.7. The van der Waals surface area contributed by atoms with Crippen molar-refractivity contribution in [3.63, 3.8) is 0 Å². The number of aliphatic hydroxyl groups excluding tert-OH is 1. The van der Waals surface area contributed by atoms with Gasteiger partial charge in [-0.25, -0.2) is 4.98 Å². The van der Waals surface area contributed by atoms with Crippen LogP contribution in [0.4, 0.5) is 0 Å². The van der Waals surface area contributed by atoms with Crippen LogP contribution in [-0.4, -0.2) is 35.3 Å². The molecule has 5 heteroatoms. The first kappa shape index (κ1) is 12.4. The van der Waals surface area contributed by atoms with Crippen molar-refractivity contribution in [1.29, 1.82) is 0 Å². The zero-order valence-corrected chi connectivity index (χ0v) is 9.43. The number of nitrogens with zero attached hydrogens (tertiary/aromatic N) is 1. The molecule has 1 heterocycles. The van der Waals surface area contributed by atoms with Gasteiger partial charge in [-0.2, -0.15) is 0 Å². The summed E-state index contributed by atoms with van der Waals surface area (Å²) in [5.41, 5.74) is 0.379. The Labute approximate surface area is 94.5 Å². The van der Waals surface area contributed by atoms with Crippen LogP contribution in [0.3, 0.4) is 0 Å². The summed E-state index contributed by atoms with van der Waals surface area (Å²) < 4.78 is 5.24. The highest BCUT2D eigenvalue weighted by Crippen LogP contribution is 2.13. The average molecular weight is 224 g/mol. The molecule has 1 amide bonds. The van der Waals surface area contributed by atoms with Crippen molar-refractivity contribution >= 4 is 5.91 Å². The van der Waals surface area contributed by atoms with Gasteiger partial charge in [0.25, 0.3) is 5.91 Å². The van der Waals surface area contributed by atoms with E-state index in [-0.39, 0.29) is 18.6 Å². The summed E-state index contributed by atoms with van der Waals surface area (Å²) in [5.74, 6) is 0.0192. The van der Waals surface area contributed by atoms with Crippen LogP contribution in [0.1, 0.15) is 24.2 Å². The highest BCUT2D eigenvalue weighted by molar-refractivity contribution is 5.96. The van der Waals surface area contributed by atoms with Crippen LogP contribution < -0.4 is 10.1 Å². The van der Waals surface area contributed by atoms with Crippen LogP contribution in [0, 0.1) is 0 Å². The van der Waals surface area contributed by atoms with E-state index in [1.807, 2.05) is 6.92 Å². The van der Waals surface area contributed by atoms with E-state index < -0.39 is 0 Å². The quantitative estimate of drug-likeness (QED) is 0.768. The second kappa shape index (κ2) is 6.07.